The number of para-hydroxylation sites is 1. The van der Waals surface area contributed by atoms with Crippen LogP contribution in [0.3, 0.4) is 0 Å². The largest absolute Gasteiger partial charge is 0.361 e. The highest BCUT2D eigenvalue weighted by atomic mass is 19.2. The van der Waals surface area contributed by atoms with Gasteiger partial charge in [0, 0.05) is 62.8 Å². The van der Waals surface area contributed by atoms with Crippen molar-refractivity contribution in [2.45, 2.75) is 44.1 Å². The van der Waals surface area contributed by atoms with Gasteiger partial charge in [0.2, 0.25) is 5.91 Å². The highest BCUT2D eigenvalue weighted by Gasteiger charge is 2.30. The summed E-state index contributed by atoms with van der Waals surface area (Å²) in [6.07, 6.45) is 9.39. The second-order valence-corrected chi connectivity index (χ2v) is 10.1. The van der Waals surface area contributed by atoms with Crippen LogP contribution in [-0.4, -0.2) is 65.1 Å². The van der Waals surface area contributed by atoms with E-state index in [1.54, 1.807) is 6.08 Å². The number of fused-ring (bicyclic) bond motifs is 1. The number of carbonyl (C=O) groups excluding carboxylic acids is 1. The van der Waals surface area contributed by atoms with Crippen LogP contribution in [-0.2, 0) is 4.79 Å². The lowest BCUT2D eigenvalue weighted by Crippen LogP contribution is -2.53. The SMILES string of the molecule is CN(C1CCN(C(=O)C/C=C/c2cc(F)c(F)c(F)c2)CC1)N1CCC(c2c[nH]c3ccccc23)CC1. The van der Waals surface area contributed by atoms with Crippen molar-refractivity contribution in [3.8, 4) is 0 Å². The first-order valence-electron chi connectivity index (χ1n) is 13.0. The predicted octanol–water partition coefficient (Wildman–Crippen LogP) is 5.71. The molecule has 196 valence electrons. The van der Waals surface area contributed by atoms with Crippen LogP contribution in [0.25, 0.3) is 17.0 Å². The number of benzene rings is 2. The maximum absolute atomic E-state index is 13.4. The molecule has 0 bridgehead atoms. The van der Waals surface area contributed by atoms with E-state index in [-0.39, 0.29) is 17.9 Å². The van der Waals surface area contributed by atoms with Gasteiger partial charge in [-0.1, -0.05) is 30.4 Å². The number of carbonyl (C=O) groups is 1. The number of H-pyrrole nitrogens is 1. The smallest absolute Gasteiger partial charge is 0.226 e. The molecule has 1 N–H and O–H groups in total. The standard InChI is InChI=1S/C29H33F3N4O/c1-34(36-15-9-21(10-16-36)24-19-33-27-7-3-2-6-23(24)27)22-11-13-35(14-12-22)28(37)8-4-5-20-17-25(30)29(32)26(31)18-20/h2-7,17-19,21-22,33H,8-16H2,1H3/b5-4+. The third-order valence-electron chi connectivity index (χ3n) is 7.93. The molecular weight excluding hydrogens is 477 g/mol. The molecule has 8 heteroatoms. The van der Waals surface area contributed by atoms with Gasteiger partial charge in [-0.25, -0.2) is 23.2 Å². The summed E-state index contributed by atoms with van der Waals surface area (Å²) in [6.45, 7) is 3.42. The minimum atomic E-state index is -1.49. The van der Waals surface area contributed by atoms with Crippen molar-refractivity contribution in [1.82, 2.24) is 19.9 Å². The summed E-state index contributed by atoms with van der Waals surface area (Å²) < 4.78 is 39.8. The summed E-state index contributed by atoms with van der Waals surface area (Å²) >= 11 is 0. The van der Waals surface area contributed by atoms with Gasteiger partial charge in [-0.2, -0.15) is 0 Å². The molecule has 5 rings (SSSR count). The summed E-state index contributed by atoms with van der Waals surface area (Å²) in [6, 6.07) is 10.7. The number of hydrogen-bond acceptors (Lipinski definition) is 3. The van der Waals surface area contributed by atoms with Gasteiger partial charge >= 0.3 is 0 Å². The number of nitrogens with zero attached hydrogens (tertiary/aromatic N) is 3. The first-order chi connectivity index (χ1) is 17.9. The number of aromatic nitrogens is 1. The van der Waals surface area contributed by atoms with Gasteiger partial charge < -0.3 is 9.88 Å². The fraction of sp³-hybridized carbons (Fsp3) is 0.414. The van der Waals surface area contributed by atoms with Gasteiger partial charge in [-0.05, 0) is 60.9 Å². The zero-order valence-electron chi connectivity index (χ0n) is 21.1. The first kappa shape index (κ1) is 25.5. The highest BCUT2D eigenvalue weighted by Crippen LogP contribution is 2.34. The van der Waals surface area contributed by atoms with E-state index in [2.05, 4.69) is 52.5 Å². The summed E-state index contributed by atoms with van der Waals surface area (Å²) in [7, 11) is 2.16. The zero-order valence-corrected chi connectivity index (χ0v) is 21.1. The molecule has 37 heavy (non-hydrogen) atoms. The molecule has 0 aliphatic carbocycles. The van der Waals surface area contributed by atoms with Gasteiger partial charge in [0.1, 0.15) is 0 Å². The van der Waals surface area contributed by atoms with Crippen molar-refractivity contribution < 1.29 is 18.0 Å². The van der Waals surface area contributed by atoms with Gasteiger partial charge in [-0.3, -0.25) is 4.79 Å². The van der Waals surface area contributed by atoms with Crippen molar-refractivity contribution >= 4 is 22.9 Å². The third-order valence-corrected chi connectivity index (χ3v) is 7.93. The molecular formula is C29H33F3N4O. The first-order valence-corrected chi connectivity index (χ1v) is 13.0. The Morgan fingerprint density at radius 3 is 2.41 bits per heavy atom. The topological polar surface area (TPSA) is 42.6 Å². The molecule has 0 unspecified atom stereocenters. The lowest BCUT2D eigenvalue weighted by molar-refractivity contribution is -0.133. The second kappa shape index (κ2) is 11.1. The quantitative estimate of drug-likeness (QED) is 0.432. The average Bonchev–Trinajstić information content (AvgIpc) is 3.35. The maximum atomic E-state index is 13.4. The number of likely N-dealkylation sites (tertiary alicyclic amines) is 1. The molecule has 0 saturated carbocycles. The minimum absolute atomic E-state index is 0.0139. The lowest BCUT2D eigenvalue weighted by atomic mass is 9.89. The molecule has 1 amide bonds. The number of hydrogen-bond donors (Lipinski definition) is 1. The predicted molar refractivity (Wildman–Crippen MR) is 139 cm³/mol. The normalized spacial score (nSPS) is 18.5. The number of amides is 1. The fourth-order valence-electron chi connectivity index (χ4n) is 5.74. The van der Waals surface area contributed by atoms with Crippen LogP contribution < -0.4 is 0 Å². The molecule has 5 nitrogen and oxygen atoms in total. The van der Waals surface area contributed by atoms with E-state index in [4.69, 9.17) is 0 Å². The highest BCUT2D eigenvalue weighted by molar-refractivity contribution is 5.83. The Balaban J connectivity index is 1.08. The molecule has 2 aromatic carbocycles. The molecule has 2 aliphatic rings. The van der Waals surface area contributed by atoms with Gasteiger partial charge in [-0.15, -0.1) is 0 Å². The Morgan fingerprint density at radius 1 is 1.03 bits per heavy atom. The molecule has 2 fully saturated rings. The van der Waals surface area contributed by atoms with Crippen LogP contribution in [0.4, 0.5) is 13.2 Å². The summed E-state index contributed by atoms with van der Waals surface area (Å²) in [5.41, 5.74) is 2.82. The van der Waals surface area contributed by atoms with Crippen LogP contribution in [0.5, 0.6) is 0 Å². The number of hydrazine groups is 1. The lowest BCUT2D eigenvalue weighted by Gasteiger charge is -2.44. The van der Waals surface area contributed by atoms with Crippen LogP contribution in [0.2, 0.25) is 0 Å². The molecule has 1 aromatic heterocycles. The molecule has 3 heterocycles. The van der Waals surface area contributed by atoms with Crippen molar-refractivity contribution in [2.75, 3.05) is 33.2 Å². The molecule has 2 saturated heterocycles. The van der Waals surface area contributed by atoms with Gasteiger partial charge in [0.15, 0.2) is 17.5 Å². The van der Waals surface area contributed by atoms with E-state index in [1.807, 2.05) is 4.90 Å². The number of halogens is 3. The van der Waals surface area contributed by atoms with Crippen LogP contribution in [0, 0.1) is 17.5 Å². The van der Waals surface area contributed by atoms with Crippen LogP contribution >= 0.6 is 0 Å². The zero-order chi connectivity index (χ0) is 25.9. The van der Waals surface area contributed by atoms with Crippen molar-refractivity contribution in [2.24, 2.45) is 0 Å². The summed E-state index contributed by atoms with van der Waals surface area (Å²) in [4.78, 5) is 17.9. The van der Waals surface area contributed by atoms with E-state index in [0.717, 1.165) is 50.9 Å². The number of piperidine rings is 2. The van der Waals surface area contributed by atoms with E-state index >= 15 is 0 Å². The monoisotopic (exact) mass is 510 g/mol. The fourth-order valence-corrected chi connectivity index (χ4v) is 5.74. The van der Waals surface area contributed by atoms with E-state index in [1.165, 1.54) is 22.5 Å². The van der Waals surface area contributed by atoms with Gasteiger partial charge in [0.05, 0.1) is 0 Å². The minimum Gasteiger partial charge on any atom is -0.361 e. The van der Waals surface area contributed by atoms with E-state index in [0.29, 0.717) is 25.0 Å². The molecule has 0 spiro atoms. The Hall–Kier alpha value is -3.10. The Morgan fingerprint density at radius 2 is 1.70 bits per heavy atom. The molecule has 3 aromatic rings. The Bertz CT molecular complexity index is 1250. The number of rotatable bonds is 6. The third kappa shape index (κ3) is 5.60. The molecule has 0 atom stereocenters. The average molecular weight is 511 g/mol. The van der Waals surface area contributed by atoms with Crippen molar-refractivity contribution in [1.29, 1.82) is 0 Å². The summed E-state index contributed by atoms with van der Waals surface area (Å²) in [5, 5.41) is 6.17. The van der Waals surface area contributed by atoms with Crippen molar-refractivity contribution in [3.63, 3.8) is 0 Å². The van der Waals surface area contributed by atoms with Crippen molar-refractivity contribution in [3.05, 3.63) is 77.2 Å². The number of nitrogens with one attached hydrogen (secondary N) is 1. The Kier molecular flexibility index (Phi) is 7.67. The molecule has 2 aliphatic heterocycles. The van der Waals surface area contributed by atoms with Gasteiger partial charge in [0.25, 0.3) is 0 Å². The number of aromatic amines is 1. The molecule has 0 radical (unpaired) electrons. The van der Waals surface area contributed by atoms with E-state index < -0.39 is 17.5 Å². The second-order valence-electron chi connectivity index (χ2n) is 10.1. The summed E-state index contributed by atoms with van der Waals surface area (Å²) in [5.74, 6) is -3.41. The van der Waals surface area contributed by atoms with Crippen LogP contribution in [0.15, 0.2) is 48.7 Å². The Labute approximate surface area is 215 Å². The van der Waals surface area contributed by atoms with E-state index in [9.17, 15) is 18.0 Å². The van der Waals surface area contributed by atoms with Crippen LogP contribution in [0.1, 0.15) is 49.1 Å². The maximum Gasteiger partial charge on any atom is 0.226 e.